The van der Waals surface area contributed by atoms with Crippen LogP contribution in [0.2, 0.25) is 5.02 Å². The number of likely N-dealkylation sites (tertiary alicyclic amines) is 1. The molecule has 0 aliphatic carbocycles. The van der Waals surface area contributed by atoms with Crippen LogP contribution < -0.4 is 11.1 Å². The van der Waals surface area contributed by atoms with Crippen molar-refractivity contribution in [2.24, 2.45) is 17.6 Å². The van der Waals surface area contributed by atoms with E-state index in [4.69, 9.17) is 17.3 Å². The van der Waals surface area contributed by atoms with Crippen LogP contribution >= 0.6 is 11.6 Å². The van der Waals surface area contributed by atoms with E-state index in [1.165, 1.54) is 18.2 Å². The summed E-state index contributed by atoms with van der Waals surface area (Å²) in [4.78, 5) is 26.4. The Balaban J connectivity index is 1.85. The van der Waals surface area contributed by atoms with Crippen molar-refractivity contribution in [3.8, 4) is 0 Å². The maximum absolute atomic E-state index is 13.2. The van der Waals surface area contributed by atoms with Gasteiger partial charge in [0.1, 0.15) is 5.82 Å². The zero-order valence-electron chi connectivity index (χ0n) is 14.6. The molecule has 0 bridgehead atoms. The Hall–Kier alpha value is -1.66. The molecule has 7 heteroatoms. The highest BCUT2D eigenvalue weighted by atomic mass is 35.5. The second-order valence-electron chi connectivity index (χ2n) is 6.95. The number of carbonyl (C=O) groups excluding carboxylic acids is 2. The molecule has 1 aromatic carbocycles. The quantitative estimate of drug-likeness (QED) is 0.837. The largest absolute Gasteiger partial charge is 0.341 e. The van der Waals surface area contributed by atoms with Crippen LogP contribution in [0, 0.1) is 17.7 Å². The average molecular weight is 370 g/mol. The molecular weight excluding hydrogens is 345 g/mol. The Labute approximate surface area is 152 Å². The van der Waals surface area contributed by atoms with Crippen molar-refractivity contribution >= 4 is 29.1 Å². The highest BCUT2D eigenvalue weighted by Crippen LogP contribution is 2.23. The van der Waals surface area contributed by atoms with Crippen LogP contribution in [0.1, 0.15) is 33.1 Å². The lowest BCUT2D eigenvalue weighted by Gasteiger charge is -2.33. The van der Waals surface area contributed by atoms with Crippen molar-refractivity contribution in [1.82, 2.24) is 4.90 Å². The number of rotatable bonds is 5. The molecule has 1 atom stereocenters. The summed E-state index contributed by atoms with van der Waals surface area (Å²) in [6.07, 6.45) is 1.83. The van der Waals surface area contributed by atoms with Gasteiger partial charge in [0.15, 0.2) is 0 Å². The zero-order valence-corrected chi connectivity index (χ0v) is 15.4. The number of piperidine rings is 1. The number of halogens is 2. The molecule has 1 fully saturated rings. The molecule has 1 saturated heterocycles. The van der Waals surface area contributed by atoms with Gasteiger partial charge in [0.05, 0.1) is 11.1 Å². The fraction of sp³-hybridized carbons (Fsp3) is 0.556. The molecule has 25 heavy (non-hydrogen) atoms. The molecule has 2 amide bonds. The van der Waals surface area contributed by atoms with E-state index in [0.29, 0.717) is 44.0 Å². The molecule has 0 radical (unpaired) electrons. The third kappa shape index (κ3) is 5.41. The molecule has 1 heterocycles. The van der Waals surface area contributed by atoms with Gasteiger partial charge in [-0.2, -0.15) is 0 Å². The normalized spacial score (nSPS) is 16.8. The number of hydrogen-bond donors (Lipinski definition) is 2. The van der Waals surface area contributed by atoms with Gasteiger partial charge in [-0.3, -0.25) is 9.59 Å². The van der Waals surface area contributed by atoms with E-state index in [1.54, 1.807) is 4.90 Å². The first-order chi connectivity index (χ1) is 11.8. The molecular formula is C18H25ClFN3O2. The molecule has 0 aromatic heterocycles. The first-order valence-electron chi connectivity index (χ1n) is 8.58. The Bertz CT molecular complexity index is 631. The number of hydrogen-bond acceptors (Lipinski definition) is 3. The van der Waals surface area contributed by atoms with Crippen molar-refractivity contribution in [2.75, 3.05) is 18.4 Å². The van der Waals surface area contributed by atoms with E-state index >= 15 is 0 Å². The van der Waals surface area contributed by atoms with Crippen molar-refractivity contribution in [3.63, 3.8) is 0 Å². The second-order valence-corrected chi connectivity index (χ2v) is 7.36. The van der Waals surface area contributed by atoms with Crippen LogP contribution in [0.25, 0.3) is 0 Å². The number of amides is 2. The molecule has 0 unspecified atom stereocenters. The molecule has 1 aliphatic heterocycles. The van der Waals surface area contributed by atoms with Crippen LogP contribution in [-0.2, 0) is 9.59 Å². The van der Waals surface area contributed by atoms with Crippen molar-refractivity contribution in [2.45, 2.75) is 39.2 Å². The van der Waals surface area contributed by atoms with Gasteiger partial charge < -0.3 is 16.0 Å². The predicted molar refractivity (Wildman–Crippen MR) is 96.8 cm³/mol. The lowest BCUT2D eigenvalue weighted by Crippen LogP contribution is -2.48. The summed E-state index contributed by atoms with van der Waals surface area (Å²) in [5, 5.41) is 2.72. The van der Waals surface area contributed by atoms with Gasteiger partial charge in [0.2, 0.25) is 11.8 Å². The standard InChI is InChI=1S/C18H25ClFN3O2/c1-11(2)9-16(21)18(25)23-7-5-12(6-8-23)17(24)22-13-3-4-15(20)14(19)10-13/h3-4,10-12,16H,5-9,21H2,1-2H3,(H,22,24)/t16-/m0/s1. The van der Waals surface area contributed by atoms with Crippen LogP contribution in [0.15, 0.2) is 18.2 Å². The van der Waals surface area contributed by atoms with Crippen LogP contribution in [0.4, 0.5) is 10.1 Å². The Morgan fingerprint density at radius 1 is 1.36 bits per heavy atom. The van der Waals surface area contributed by atoms with E-state index in [9.17, 15) is 14.0 Å². The Kier molecular flexibility index (Phi) is 6.79. The number of anilines is 1. The third-order valence-corrected chi connectivity index (χ3v) is 4.70. The van der Waals surface area contributed by atoms with Crippen molar-refractivity contribution < 1.29 is 14.0 Å². The molecule has 0 saturated carbocycles. The highest BCUT2D eigenvalue weighted by Gasteiger charge is 2.29. The van der Waals surface area contributed by atoms with E-state index in [1.807, 2.05) is 13.8 Å². The molecule has 2 rings (SSSR count). The first kappa shape index (κ1) is 19.7. The van der Waals surface area contributed by atoms with Gasteiger partial charge in [-0.15, -0.1) is 0 Å². The SMILES string of the molecule is CC(C)C[C@H](N)C(=O)N1CCC(C(=O)Nc2ccc(F)c(Cl)c2)CC1. The Morgan fingerprint density at radius 2 is 2.00 bits per heavy atom. The van der Waals surface area contributed by atoms with Gasteiger partial charge >= 0.3 is 0 Å². The number of nitrogens with one attached hydrogen (secondary N) is 1. The number of nitrogens with zero attached hydrogens (tertiary/aromatic N) is 1. The molecule has 1 aromatic rings. The highest BCUT2D eigenvalue weighted by molar-refractivity contribution is 6.31. The predicted octanol–water partition coefficient (Wildman–Crippen LogP) is 3.03. The molecule has 138 valence electrons. The van der Waals surface area contributed by atoms with Crippen molar-refractivity contribution in [1.29, 1.82) is 0 Å². The van der Waals surface area contributed by atoms with E-state index < -0.39 is 11.9 Å². The average Bonchev–Trinajstić information content (AvgIpc) is 2.57. The fourth-order valence-electron chi connectivity index (χ4n) is 3.02. The Morgan fingerprint density at radius 3 is 2.56 bits per heavy atom. The van der Waals surface area contributed by atoms with Gasteiger partial charge in [-0.25, -0.2) is 4.39 Å². The monoisotopic (exact) mass is 369 g/mol. The van der Waals surface area contributed by atoms with Crippen LogP contribution in [0.3, 0.4) is 0 Å². The topological polar surface area (TPSA) is 75.4 Å². The number of carbonyl (C=O) groups is 2. The summed E-state index contributed by atoms with van der Waals surface area (Å²) in [5.74, 6) is -0.526. The maximum Gasteiger partial charge on any atom is 0.239 e. The van der Waals surface area contributed by atoms with Crippen molar-refractivity contribution in [3.05, 3.63) is 29.0 Å². The fourth-order valence-corrected chi connectivity index (χ4v) is 3.20. The lowest BCUT2D eigenvalue weighted by atomic mass is 9.94. The maximum atomic E-state index is 13.2. The second kappa shape index (κ2) is 8.63. The molecule has 3 N–H and O–H groups in total. The minimum Gasteiger partial charge on any atom is -0.341 e. The van der Waals surface area contributed by atoms with E-state index in [-0.39, 0.29) is 22.8 Å². The number of nitrogens with two attached hydrogens (primary N) is 1. The number of benzene rings is 1. The van der Waals surface area contributed by atoms with Gasteiger partial charge in [-0.05, 0) is 43.4 Å². The van der Waals surface area contributed by atoms with E-state index in [0.717, 1.165) is 0 Å². The first-order valence-corrected chi connectivity index (χ1v) is 8.96. The summed E-state index contributed by atoms with van der Waals surface area (Å²) < 4.78 is 13.2. The minimum absolute atomic E-state index is 0.0302. The molecule has 0 spiro atoms. The lowest BCUT2D eigenvalue weighted by molar-refractivity contribution is -0.136. The molecule has 5 nitrogen and oxygen atoms in total. The minimum atomic E-state index is -0.524. The zero-order chi connectivity index (χ0) is 18.6. The van der Waals surface area contributed by atoms with Crippen LogP contribution in [0.5, 0.6) is 0 Å². The summed E-state index contributed by atoms with van der Waals surface area (Å²) in [6, 6.07) is 3.60. The third-order valence-electron chi connectivity index (χ3n) is 4.41. The summed E-state index contributed by atoms with van der Waals surface area (Å²) in [6.45, 7) is 5.11. The summed E-state index contributed by atoms with van der Waals surface area (Å²) in [5.41, 5.74) is 6.42. The van der Waals surface area contributed by atoms with Gasteiger partial charge in [0, 0.05) is 24.7 Å². The van der Waals surface area contributed by atoms with Crippen LogP contribution in [-0.4, -0.2) is 35.8 Å². The summed E-state index contributed by atoms with van der Waals surface area (Å²) >= 11 is 5.72. The van der Waals surface area contributed by atoms with E-state index in [2.05, 4.69) is 5.32 Å². The van der Waals surface area contributed by atoms with Gasteiger partial charge in [0.25, 0.3) is 0 Å². The summed E-state index contributed by atoms with van der Waals surface area (Å²) in [7, 11) is 0. The molecule has 1 aliphatic rings. The van der Waals surface area contributed by atoms with Gasteiger partial charge in [-0.1, -0.05) is 25.4 Å². The smallest absolute Gasteiger partial charge is 0.239 e.